The van der Waals surface area contributed by atoms with E-state index in [0.717, 1.165) is 32.1 Å². The molecule has 1 atom stereocenters. The summed E-state index contributed by atoms with van der Waals surface area (Å²) in [5.41, 5.74) is 1.81. The number of nitrogens with zero attached hydrogens (tertiary/aromatic N) is 1. The van der Waals surface area contributed by atoms with E-state index < -0.39 is 6.04 Å². The molecular weight excluding hydrogens is 459 g/mol. The van der Waals surface area contributed by atoms with Gasteiger partial charge in [0.25, 0.3) is 5.91 Å². The lowest BCUT2D eigenvalue weighted by atomic mass is 10.1. The van der Waals surface area contributed by atoms with Gasteiger partial charge in [0.15, 0.2) is 6.61 Å². The Morgan fingerprint density at radius 2 is 1.70 bits per heavy atom. The van der Waals surface area contributed by atoms with E-state index in [-0.39, 0.29) is 31.0 Å². The average Bonchev–Trinajstić information content (AvgIpc) is 3.32. The number of amides is 2. The quantitative estimate of drug-likeness (QED) is 0.457. The van der Waals surface area contributed by atoms with Gasteiger partial charge in [-0.15, -0.1) is 0 Å². The first-order valence-electron chi connectivity index (χ1n) is 11.7. The highest BCUT2D eigenvalue weighted by Crippen LogP contribution is 2.27. The maximum absolute atomic E-state index is 13.3. The van der Waals surface area contributed by atoms with Crippen molar-refractivity contribution in [3.8, 4) is 5.75 Å². The number of hydrogen-bond donors (Lipinski definition) is 1. The smallest absolute Gasteiger partial charge is 0.261 e. The highest BCUT2D eigenvalue weighted by Gasteiger charge is 2.31. The number of nitrogens with one attached hydrogen (secondary N) is 1. The zero-order valence-electron chi connectivity index (χ0n) is 19.3. The summed E-state index contributed by atoms with van der Waals surface area (Å²) in [4.78, 5) is 28.1. The first-order valence-corrected chi connectivity index (χ1v) is 12.4. The fourth-order valence-corrected chi connectivity index (χ4v) is 4.71. The minimum absolute atomic E-state index is 0.131. The van der Waals surface area contributed by atoms with Gasteiger partial charge in [-0.2, -0.15) is 0 Å². The molecule has 0 saturated heterocycles. The second-order valence-corrected chi connectivity index (χ2v) is 9.24. The Morgan fingerprint density at radius 1 is 1.06 bits per heavy atom. The Bertz CT molecular complexity index is 923. The normalized spacial score (nSPS) is 14.7. The SMILES string of the molecule is CCc1ccc(OCC(=O)N(Cc2c(Cl)cccc2Cl)C(CC)C(=O)NC2CCCC2)cc1. The molecule has 0 spiro atoms. The standard InChI is InChI=1S/C26H32Cl2N2O3/c1-3-18-12-14-20(15-13-18)33-17-25(31)30(16-21-22(27)10-7-11-23(21)28)24(4-2)26(32)29-19-8-5-6-9-19/h7,10-15,19,24H,3-6,8-9,16-17H2,1-2H3,(H,29,32). The van der Waals surface area contributed by atoms with E-state index in [1.807, 2.05) is 31.2 Å². The van der Waals surface area contributed by atoms with Crippen LogP contribution in [0, 0.1) is 0 Å². The van der Waals surface area contributed by atoms with E-state index in [9.17, 15) is 9.59 Å². The van der Waals surface area contributed by atoms with Crippen molar-refractivity contribution in [1.29, 1.82) is 0 Å². The lowest BCUT2D eigenvalue weighted by Gasteiger charge is -2.32. The number of carbonyl (C=O) groups excluding carboxylic acids is 2. The van der Waals surface area contributed by atoms with Crippen molar-refractivity contribution >= 4 is 35.0 Å². The van der Waals surface area contributed by atoms with Crippen molar-refractivity contribution in [2.45, 2.75) is 71.0 Å². The van der Waals surface area contributed by atoms with Gasteiger partial charge in [-0.05, 0) is 55.5 Å². The molecule has 0 bridgehead atoms. The molecule has 3 rings (SSSR count). The molecule has 0 radical (unpaired) electrons. The lowest BCUT2D eigenvalue weighted by Crippen LogP contribution is -2.52. The minimum atomic E-state index is -0.642. The number of aryl methyl sites for hydroxylation is 1. The molecule has 5 nitrogen and oxygen atoms in total. The van der Waals surface area contributed by atoms with Gasteiger partial charge in [-0.3, -0.25) is 9.59 Å². The zero-order valence-corrected chi connectivity index (χ0v) is 20.8. The van der Waals surface area contributed by atoms with Crippen LogP contribution < -0.4 is 10.1 Å². The second-order valence-electron chi connectivity index (χ2n) is 8.42. The summed E-state index contributed by atoms with van der Waals surface area (Å²) in [5.74, 6) is 0.173. The van der Waals surface area contributed by atoms with Gasteiger partial charge < -0.3 is 15.0 Å². The summed E-state index contributed by atoms with van der Waals surface area (Å²) in [7, 11) is 0. The first-order chi connectivity index (χ1) is 15.9. The van der Waals surface area contributed by atoms with Crippen LogP contribution in [0.5, 0.6) is 5.75 Å². The number of halogens is 2. The molecule has 1 aliphatic carbocycles. The Morgan fingerprint density at radius 3 is 2.27 bits per heavy atom. The van der Waals surface area contributed by atoms with Crippen molar-refractivity contribution in [3.05, 3.63) is 63.6 Å². The maximum Gasteiger partial charge on any atom is 0.261 e. The highest BCUT2D eigenvalue weighted by molar-refractivity contribution is 6.36. The van der Waals surface area contributed by atoms with Gasteiger partial charge in [-0.25, -0.2) is 0 Å². The number of benzene rings is 2. The molecule has 2 aromatic rings. The molecular formula is C26H32Cl2N2O3. The summed E-state index contributed by atoms with van der Waals surface area (Å²) in [6, 6.07) is 12.4. The van der Waals surface area contributed by atoms with Crippen LogP contribution in [0.2, 0.25) is 10.0 Å². The number of rotatable bonds is 10. The molecule has 0 aromatic heterocycles. The molecule has 1 unspecified atom stereocenters. The summed E-state index contributed by atoms with van der Waals surface area (Å²) in [5, 5.41) is 4.05. The fraction of sp³-hybridized carbons (Fsp3) is 0.462. The van der Waals surface area contributed by atoms with E-state index in [1.54, 1.807) is 18.2 Å². The van der Waals surface area contributed by atoms with Crippen LogP contribution in [0.4, 0.5) is 0 Å². The van der Waals surface area contributed by atoms with Crippen molar-refractivity contribution in [3.63, 3.8) is 0 Å². The van der Waals surface area contributed by atoms with Gasteiger partial charge in [-0.1, -0.05) is 68.1 Å². The molecule has 1 fully saturated rings. The van der Waals surface area contributed by atoms with Crippen LogP contribution in [-0.2, 0) is 22.6 Å². The summed E-state index contributed by atoms with van der Waals surface area (Å²) >= 11 is 12.8. The molecule has 0 heterocycles. The van der Waals surface area contributed by atoms with Gasteiger partial charge >= 0.3 is 0 Å². The van der Waals surface area contributed by atoms with Gasteiger partial charge in [0.1, 0.15) is 11.8 Å². The summed E-state index contributed by atoms with van der Waals surface area (Å²) in [6.07, 6.45) is 5.58. The third-order valence-corrected chi connectivity index (χ3v) is 6.88. The second kappa shape index (κ2) is 12.3. The van der Waals surface area contributed by atoms with Crippen LogP contribution >= 0.6 is 23.2 Å². The van der Waals surface area contributed by atoms with E-state index in [0.29, 0.717) is 27.8 Å². The average molecular weight is 491 g/mol. The fourth-order valence-electron chi connectivity index (χ4n) is 4.19. The molecule has 1 N–H and O–H groups in total. The van der Waals surface area contributed by atoms with E-state index in [1.165, 1.54) is 10.5 Å². The molecule has 33 heavy (non-hydrogen) atoms. The molecule has 1 saturated carbocycles. The maximum atomic E-state index is 13.3. The zero-order chi connectivity index (χ0) is 23.8. The van der Waals surface area contributed by atoms with E-state index in [2.05, 4.69) is 12.2 Å². The van der Waals surface area contributed by atoms with Crippen LogP contribution in [0.3, 0.4) is 0 Å². The molecule has 178 valence electrons. The van der Waals surface area contributed by atoms with Crippen molar-refractivity contribution in [1.82, 2.24) is 10.2 Å². The topological polar surface area (TPSA) is 58.6 Å². The van der Waals surface area contributed by atoms with Crippen molar-refractivity contribution < 1.29 is 14.3 Å². The summed E-state index contributed by atoms with van der Waals surface area (Å²) in [6.45, 7) is 3.93. The first kappa shape index (κ1) is 25.4. The number of hydrogen-bond acceptors (Lipinski definition) is 3. The Kier molecular flexibility index (Phi) is 9.45. The number of carbonyl (C=O) groups is 2. The van der Waals surface area contributed by atoms with Gasteiger partial charge in [0.05, 0.1) is 0 Å². The number of ether oxygens (including phenoxy) is 1. The Balaban J connectivity index is 1.79. The molecule has 2 amide bonds. The predicted molar refractivity (Wildman–Crippen MR) is 133 cm³/mol. The van der Waals surface area contributed by atoms with Crippen LogP contribution in [0.15, 0.2) is 42.5 Å². The largest absolute Gasteiger partial charge is 0.484 e. The van der Waals surface area contributed by atoms with Crippen molar-refractivity contribution in [2.75, 3.05) is 6.61 Å². The van der Waals surface area contributed by atoms with E-state index in [4.69, 9.17) is 27.9 Å². The van der Waals surface area contributed by atoms with E-state index >= 15 is 0 Å². The lowest BCUT2D eigenvalue weighted by molar-refractivity contribution is -0.143. The van der Waals surface area contributed by atoms with Gasteiger partial charge in [0.2, 0.25) is 5.91 Å². The minimum Gasteiger partial charge on any atom is -0.484 e. The third-order valence-electron chi connectivity index (χ3n) is 6.17. The predicted octanol–water partition coefficient (Wildman–Crippen LogP) is 5.80. The van der Waals surface area contributed by atoms with Crippen LogP contribution in [0.25, 0.3) is 0 Å². The summed E-state index contributed by atoms with van der Waals surface area (Å²) < 4.78 is 5.77. The van der Waals surface area contributed by atoms with Crippen molar-refractivity contribution in [2.24, 2.45) is 0 Å². The molecule has 7 heteroatoms. The Labute approximate surface area is 206 Å². The van der Waals surface area contributed by atoms with Crippen LogP contribution in [0.1, 0.15) is 57.1 Å². The van der Waals surface area contributed by atoms with Crippen LogP contribution in [-0.4, -0.2) is 35.4 Å². The monoisotopic (exact) mass is 490 g/mol. The highest BCUT2D eigenvalue weighted by atomic mass is 35.5. The molecule has 2 aromatic carbocycles. The Hall–Kier alpha value is -2.24. The van der Waals surface area contributed by atoms with Gasteiger partial charge in [0, 0.05) is 28.2 Å². The molecule has 0 aliphatic heterocycles. The third kappa shape index (κ3) is 6.87. The molecule has 1 aliphatic rings.